The first-order valence-electron chi connectivity index (χ1n) is 7.92. The standard InChI is InChI=1S/C15H32N4.HI/c1-5-16-15(18-13(3)4)17-10-7-14-8-11-19(6-2)12-9-14;/h13-14H,5-12H2,1-4H3,(H2,16,17,18);1H. The van der Waals surface area contributed by atoms with E-state index in [2.05, 4.69) is 48.2 Å². The summed E-state index contributed by atoms with van der Waals surface area (Å²) >= 11 is 0. The molecule has 0 aliphatic carbocycles. The molecule has 0 aromatic heterocycles. The van der Waals surface area contributed by atoms with Crippen molar-refractivity contribution >= 4 is 29.9 Å². The predicted molar refractivity (Wildman–Crippen MR) is 99.1 cm³/mol. The predicted octanol–water partition coefficient (Wildman–Crippen LogP) is 2.69. The third-order valence-corrected chi connectivity index (χ3v) is 3.73. The van der Waals surface area contributed by atoms with Gasteiger partial charge in [0.15, 0.2) is 5.96 Å². The van der Waals surface area contributed by atoms with Gasteiger partial charge in [-0.15, -0.1) is 24.0 Å². The highest BCUT2D eigenvalue weighted by molar-refractivity contribution is 14.0. The van der Waals surface area contributed by atoms with E-state index in [1.165, 1.54) is 38.9 Å². The molecule has 1 rings (SSSR count). The zero-order valence-corrected chi connectivity index (χ0v) is 15.9. The van der Waals surface area contributed by atoms with Gasteiger partial charge in [-0.3, -0.25) is 4.99 Å². The molecule has 1 aliphatic heterocycles. The number of halogens is 1. The van der Waals surface area contributed by atoms with Crippen LogP contribution in [0.4, 0.5) is 0 Å². The number of rotatable bonds is 6. The molecule has 4 nitrogen and oxygen atoms in total. The Morgan fingerprint density at radius 3 is 2.40 bits per heavy atom. The molecule has 0 aromatic carbocycles. The van der Waals surface area contributed by atoms with E-state index in [0.29, 0.717) is 6.04 Å². The van der Waals surface area contributed by atoms with E-state index >= 15 is 0 Å². The quantitative estimate of drug-likeness (QED) is 0.412. The van der Waals surface area contributed by atoms with Crippen molar-refractivity contribution in [2.45, 2.75) is 53.0 Å². The molecule has 5 heteroatoms. The van der Waals surface area contributed by atoms with Crippen molar-refractivity contribution in [3.63, 3.8) is 0 Å². The molecule has 1 fully saturated rings. The average molecular weight is 396 g/mol. The van der Waals surface area contributed by atoms with Crippen molar-refractivity contribution in [2.75, 3.05) is 32.7 Å². The number of guanidine groups is 1. The van der Waals surface area contributed by atoms with Gasteiger partial charge in [0.1, 0.15) is 0 Å². The fourth-order valence-electron chi connectivity index (χ4n) is 2.54. The molecule has 0 radical (unpaired) electrons. The summed E-state index contributed by atoms with van der Waals surface area (Å²) in [7, 11) is 0. The summed E-state index contributed by atoms with van der Waals surface area (Å²) in [6, 6.07) is 0.436. The zero-order valence-electron chi connectivity index (χ0n) is 13.6. The molecule has 0 bridgehead atoms. The minimum Gasteiger partial charge on any atom is -0.357 e. The fourth-order valence-corrected chi connectivity index (χ4v) is 2.54. The fraction of sp³-hybridized carbons (Fsp3) is 0.933. The lowest BCUT2D eigenvalue weighted by Gasteiger charge is -2.30. The first-order valence-corrected chi connectivity index (χ1v) is 7.92. The Bertz CT molecular complexity index is 261. The van der Waals surface area contributed by atoms with Gasteiger partial charge in [0.2, 0.25) is 0 Å². The largest absolute Gasteiger partial charge is 0.357 e. The Kier molecular flexibility index (Phi) is 11.6. The molecule has 1 heterocycles. The number of piperidine rings is 1. The Balaban J connectivity index is 0.00000361. The summed E-state index contributed by atoms with van der Waals surface area (Å²) in [5.74, 6) is 1.83. The van der Waals surface area contributed by atoms with E-state index in [0.717, 1.165) is 25.0 Å². The summed E-state index contributed by atoms with van der Waals surface area (Å²) in [6.07, 6.45) is 3.92. The zero-order chi connectivity index (χ0) is 14.1. The van der Waals surface area contributed by atoms with Crippen molar-refractivity contribution < 1.29 is 0 Å². The van der Waals surface area contributed by atoms with Crippen LogP contribution in [0.5, 0.6) is 0 Å². The summed E-state index contributed by atoms with van der Waals surface area (Å²) < 4.78 is 0. The Labute approximate surface area is 142 Å². The third kappa shape index (κ3) is 8.29. The number of hydrogen-bond donors (Lipinski definition) is 2. The molecular weight excluding hydrogens is 363 g/mol. The van der Waals surface area contributed by atoms with Gasteiger partial charge in [0.05, 0.1) is 0 Å². The minimum absolute atomic E-state index is 0. The van der Waals surface area contributed by atoms with Crippen LogP contribution in [0, 0.1) is 5.92 Å². The lowest BCUT2D eigenvalue weighted by atomic mass is 9.94. The third-order valence-electron chi connectivity index (χ3n) is 3.73. The number of hydrogen-bond acceptors (Lipinski definition) is 2. The highest BCUT2D eigenvalue weighted by atomic mass is 127. The molecule has 0 aromatic rings. The van der Waals surface area contributed by atoms with Crippen LogP contribution >= 0.6 is 24.0 Å². The Hall–Kier alpha value is -0.0400. The molecule has 0 atom stereocenters. The van der Waals surface area contributed by atoms with Gasteiger partial charge in [-0.2, -0.15) is 0 Å². The van der Waals surface area contributed by atoms with Crippen LogP contribution in [0.2, 0.25) is 0 Å². The smallest absolute Gasteiger partial charge is 0.191 e. The van der Waals surface area contributed by atoms with Crippen LogP contribution in [0.25, 0.3) is 0 Å². The van der Waals surface area contributed by atoms with Crippen molar-refractivity contribution in [3.8, 4) is 0 Å². The number of nitrogens with zero attached hydrogens (tertiary/aromatic N) is 2. The van der Waals surface area contributed by atoms with Gasteiger partial charge in [0, 0.05) is 19.1 Å². The first-order chi connectivity index (χ1) is 9.15. The van der Waals surface area contributed by atoms with E-state index in [1.807, 2.05) is 0 Å². The van der Waals surface area contributed by atoms with E-state index in [-0.39, 0.29) is 24.0 Å². The molecule has 20 heavy (non-hydrogen) atoms. The van der Waals surface area contributed by atoms with Crippen LogP contribution < -0.4 is 10.6 Å². The maximum Gasteiger partial charge on any atom is 0.191 e. The van der Waals surface area contributed by atoms with Crippen molar-refractivity contribution in [1.29, 1.82) is 0 Å². The number of aliphatic imine (C=N–C) groups is 1. The van der Waals surface area contributed by atoms with Gasteiger partial charge in [-0.05, 0) is 65.6 Å². The monoisotopic (exact) mass is 396 g/mol. The van der Waals surface area contributed by atoms with Crippen molar-refractivity contribution in [1.82, 2.24) is 15.5 Å². The number of likely N-dealkylation sites (tertiary alicyclic amines) is 1. The van der Waals surface area contributed by atoms with Gasteiger partial charge in [-0.1, -0.05) is 6.92 Å². The normalized spacial score (nSPS) is 17.9. The lowest BCUT2D eigenvalue weighted by molar-refractivity contribution is 0.188. The van der Waals surface area contributed by atoms with Crippen molar-refractivity contribution in [2.24, 2.45) is 10.9 Å². The molecular formula is C15H33IN4. The Morgan fingerprint density at radius 2 is 1.90 bits per heavy atom. The van der Waals surface area contributed by atoms with Crippen LogP contribution in [0.15, 0.2) is 4.99 Å². The maximum atomic E-state index is 4.67. The summed E-state index contributed by atoms with van der Waals surface area (Å²) in [5, 5.41) is 6.66. The first kappa shape index (κ1) is 20.0. The molecule has 2 N–H and O–H groups in total. The van der Waals surface area contributed by atoms with E-state index in [9.17, 15) is 0 Å². The second-order valence-corrected chi connectivity index (χ2v) is 5.73. The molecule has 0 spiro atoms. The maximum absolute atomic E-state index is 4.67. The lowest BCUT2D eigenvalue weighted by Crippen LogP contribution is -2.41. The van der Waals surface area contributed by atoms with Gasteiger partial charge in [-0.25, -0.2) is 0 Å². The van der Waals surface area contributed by atoms with E-state index in [4.69, 9.17) is 0 Å². The summed E-state index contributed by atoms with van der Waals surface area (Å²) in [5.41, 5.74) is 0. The molecule has 1 saturated heterocycles. The average Bonchev–Trinajstić information content (AvgIpc) is 2.39. The van der Waals surface area contributed by atoms with Crippen LogP contribution in [0.3, 0.4) is 0 Å². The highest BCUT2D eigenvalue weighted by Crippen LogP contribution is 2.19. The summed E-state index contributed by atoms with van der Waals surface area (Å²) in [4.78, 5) is 7.21. The van der Waals surface area contributed by atoms with Gasteiger partial charge < -0.3 is 15.5 Å². The van der Waals surface area contributed by atoms with Gasteiger partial charge >= 0.3 is 0 Å². The topological polar surface area (TPSA) is 39.7 Å². The SMILES string of the molecule is CCNC(=NCCC1CCN(CC)CC1)NC(C)C.I. The van der Waals surface area contributed by atoms with E-state index in [1.54, 1.807) is 0 Å². The van der Waals surface area contributed by atoms with Crippen LogP contribution in [-0.4, -0.2) is 49.6 Å². The second-order valence-electron chi connectivity index (χ2n) is 5.73. The van der Waals surface area contributed by atoms with Crippen LogP contribution in [0.1, 0.15) is 47.0 Å². The minimum atomic E-state index is 0. The molecule has 0 saturated carbocycles. The van der Waals surface area contributed by atoms with Crippen LogP contribution in [-0.2, 0) is 0 Å². The highest BCUT2D eigenvalue weighted by Gasteiger charge is 2.17. The second kappa shape index (κ2) is 11.6. The van der Waals surface area contributed by atoms with Crippen molar-refractivity contribution in [3.05, 3.63) is 0 Å². The molecule has 1 aliphatic rings. The number of nitrogens with one attached hydrogen (secondary N) is 2. The molecule has 120 valence electrons. The molecule has 0 amide bonds. The summed E-state index contributed by atoms with van der Waals surface area (Å²) in [6.45, 7) is 14.3. The van der Waals surface area contributed by atoms with E-state index < -0.39 is 0 Å². The Morgan fingerprint density at radius 1 is 1.25 bits per heavy atom. The van der Waals surface area contributed by atoms with Gasteiger partial charge in [0.25, 0.3) is 0 Å². The molecule has 0 unspecified atom stereocenters.